The highest BCUT2D eigenvalue weighted by Crippen LogP contribution is 2.79. The van der Waals surface area contributed by atoms with Crippen molar-refractivity contribution in [1.82, 2.24) is 0 Å². The monoisotopic (exact) mass is 297 g/mol. The van der Waals surface area contributed by atoms with Crippen LogP contribution in [0.3, 0.4) is 0 Å². The zero-order valence-corrected chi connectivity index (χ0v) is 12.3. The number of anilines is 1. The first kappa shape index (κ1) is 12.6. The van der Waals surface area contributed by atoms with Crippen LogP contribution in [-0.4, -0.2) is 11.8 Å². The molecule has 3 nitrogen and oxygen atoms in total. The molecule has 1 spiro atoms. The van der Waals surface area contributed by atoms with Gasteiger partial charge in [0.1, 0.15) is 5.82 Å². The first-order valence-electron chi connectivity index (χ1n) is 7.83. The quantitative estimate of drug-likeness (QED) is 0.590. The van der Waals surface area contributed by atoms with Gasteiger partial charge >= 0.3 is 0 Å². The molecule has 2 saturated carbocycles. The van der Waals surface area contributed by atoms with E-state index >= 15 is 0 Å². The Morgan fingerprint density at radius 3 is 2.55 bits per heavy atom. The number of imide groups is 1. The second-order valence-corrected chi connectivity index (χ2v) is 7.29. The average Bonchev–Trinajstić information content (AvgIpc) is 3.15. The fraction of sp³-hybridized carbons (Fsp3) is 0.444. The summed E-state index contributed by atoms with van der Waals surface area (Å²) in [5.41, 5.74) is -0.0240. The van der Waals surface area contributed by atoms with Crippen LogP contribution in [0.5, 0.6) is 0 Å². The zero-order chi connectivity index (χ0) is 15.3. The maximum Gasteiger partial charge on any atom is 0.238 e. The minimum Gasteiger partial charge on any atom is -0.274 e. The Morgan fingerprint density at radius 1 is 1.18 bits per heavy atom. The van der Waals surface area contributed by atoms with E-state index in [0.717, 1.165) is 17.7 Å². The van der Waals surface area contributed by atoms with Crippen molar-refractivity contribution in [1.29, 1.82) is 0 Å². The van der Waals surface area contributed by atoms with Crippen molar-refractivity contribution in [3.8, 4) is 0 Å². The van der Waals surface area contributed by atoms with Gasteiger partial charge in [-0.15, -0.1) is 0 Å². The molecule has 0 radical (unpaired) electrons. The molecule has 4 aliphatic rings. The van der Waals surface area contributed by atoms with Gasteiger partial charge in [0.05, 0.1) is 17.5 Å². The van der Waals surface area contributed by atoms with Crippen molar-refractivity contribution >= 4 is 17.5 Å². The third-order valence-electron chi connectivity index (χ3n) is 6.63. The van der Waals surface area contributed by atoms with E-state index in [9.17, 15) is 14.0 Å². The summed E-state index contributed by atoms with van der Waals surface area (Å²) < 4.78 is 14.1. The van der Waals surface area contributed by atoms with Gasteiger partial charge in [-0.1, -0.05) is 31.2 Å². The molecule has 1 aliphatic heterocycles. The Morgan fingerprint density at radius 2 is 1.91 bits per heavy atom. The molecular formula is C18H16FNO2. The summed E-state index contributed by atoms with van der Waals surface area (Å²) in [5, 5.41) is 0. The molecule has 0 aromatic heterocycles. The molecule has 112 valence electrons. The van der Waals surface area contributed by atoms with E-state index in [2.05, 4.69) is 19.1 Å². The van der Waals surface area contributed by atoms with Gasteiger partial charge in [0.25, 0.3) is 0 Å². The zero-order valence-electron chi connectivity index (χ0n) is 12.3. The average molecular weight is 297 g/mol. The molecule has 0 unspecified atom stereocenters. The van der Waals surface area contributed by atoms with E-state index in [-0.39, 0.29) is 46.1 Å². The predicted molar refractivity (Wildman–Crippen MR) is 78.3 cm³/mol. The van der Waals surface area contributed by atoms with Crippen molar-refractivity contribution in [3.05, 3.63) is 42.2 Å². The maximum absolute atomic E-state index is 14.1. The van der Waals surface area contributed by atoms with Gasteiger partial charge in [-0.2, -0.15) is 0 Å². The summed E-state index contributed by atoms with van der Waals surface area (Å²) in [4.78, 5) is 27.0. The van der Waals surface area contributed by atoms with Crippen LogP contribution < -0.4 is 4.90 Å². The molecule has 1 heterocycles. The van der Waals surface area contributed by atoms with Crippen LogP contribution in [0.25, 0.3) is 0 Å². The van der Waals surface area contributed by atoms with Crippen molar-refractivity contribution in [2.45, 2.75) is 19.8 Å². The second-order valence-electron chi connectivity index (χ2n) is 7.29. The normalized spacial score (nSPS) is 39.9. The number of amides is 2. The number of para-hydroxylation sites is 1. The number of hydrogen-bond acceptors (Lipinski definition) is 2. The molecule has 22 heavy (non-hydrogen) atoms. The molecule has 3 fully saturated rings. The first-order chi connectivity index (χ1) is 10.5. The molecule has 1 saturated heterocycles. The van der Waals surface area contributed by atoms with E-state index in [1.54, 1.807) is 12.1 Å². The van der Waals surface area contributed by atoms with Crippen LogP contribution >= 0.6 is 0 Å². The molecule has 2 bridgehead atoms. The standard InChI is InChI=1S/C18H16FNO2/c1-17-7-6-10(18(17)8-9-18)13-14(17)16(22)20(15(13)21)12-5-3-2-4-11(12)19/h2-7,10,13-14H,8-9H2,1H3/t10-,13-,14+,17+/m1/s1. The fourth-order valence-electron chi connectivity index (χ4n) is 5.45. The molecule has 0 N–H and O–H groups in total. The van der Waals surface area contributed by atoms with Gasteiger partial charge < -0.3 is 0 Å². The highest BCUT2D eigenvalue weighted by molar-refractivity contribution is 6.23. The van der Waals surface area contributed by atoms with Gasteiger partial charge in [0, 0.05) is 5.41 Å². The maximum atomic E-state index is 14.1. The van der Waals surface area contributed by atoms with E-state index in [1.807, 2.05) is 0 Å². The Labute approximate surface area is 127 Å². The lowest BCUT2D eigenvalue weighted by Crippen LogP contribution is -2.38. The lowest BCUT2D eigenvalue weighted by molar-refractivity contribution is -0.124. The van der Waals surface area contributed by atoms with Crippen LogP contribution in [0.1, 0.15) is 19.8 Å². The summed E-state index contributed by atoms with van der Waals surface area (Å²) in [6.07, 6.45) is 6.45. The number of nitrogens with zero attached hydrogens (tertiary/aromatic N) is 1. The van der Waals surface area contributed by atoms with Crippen LogP contribution in [0.2, 0.25) is 0 Å². The van der Waals surface area contributed by atoms with Crippen LogP contribution in [-0.2, 0) is 9.59 Å². The topological polar surface area (TPSA) is 37.4 Å². The third-order valence-corrected chi connectivity index (χ3v) is 6.63. The lowest BCUT2D eigenvalue weighted by atomic mass is 9.72. The number of allylic oxidation sites excluding steroid dienone is 2. The molecule has 4 heteroatoms. The Kier molecular flexibility index (Phi) is 2.00. The molecule has 3 aliphatic carbocycles. The summed E-state index contributed by atoms with van der Waals surface area (Å²) in [6.45, 7) is 2.11. The van der Waals surface area contributed by atoms with Crippen molar-refractivity contribution in [3.63, 3.8) is 0 Å². The minimum absolute atomic E-state index is 0.0970. The summed E-state index contributed by atoms with van der Waals surface area (Å²) in [5.74, 6) is -1.43. The molecular weight excluding hydrogens is 281 g/mol. The number of benzene rings is 1. The fourth-order valence-corrected chi connectivity index (χ4v) is 5.45. The summed E-state index contributed by atoms with van der Waals surface area (Å²) >= 11 is 0. The number of halogens is 1. The molecule has 1 aromatic rings. The Balaban J connectivity index is 1.64. The smallest absolute Gasteiger partial charge is 0.238 e. The number of fused-ring (bicyclic) bond motifs is 3. The SMILES string of the molecule is C[C@]12C=C[C@H]([C@H]3C(=O)N(c4ccccc4F)C(=O)[C@H]31)C21CC1. The van der Waals surface area contributed by atoms with E-state index < -0.39 is 5.82 Å². The molecule has 4 atom stereocenters. The number of carbonyl (C=O) groups excluding carboxylic acids is 2. The number of hydrogen-bond donors (Lipinski definition) is 0. The van der Waals surface area contributed by atoms with Crippen molar-refractivity contribution in [2.75, 3.05) is 4.90 Å². The number of rotatable bonds is 1. The van der Waals surface area contributed by atoms with Gasteiger partial charge in [0.15, 0.2) is 0 Å². The van der Waals surface area contributed by atoms with Crippen molar-refractivity contribution in [2.24, 2.45) is 28.6 Å². The minimum atomic E-state index is -0.518. The van der Waals surface area contributed by atoms with Crippen LogP contribution in [0, 0.1) is 34.4 Å². The summed E-state index contributed by atoms with van der Waals surface area (Å²) in [6, 6.07) is 6.03. The summed E-state index contributed by atoms with van der Waals surface area (Å²) in [7, 11) is 0. The lowest BCUT2D eigenvalue weighted by Gasteiger charge is -2.31. The van der Waals surface area contributed by atoms with Gasteiger partial charge in [-0.05, 0) is 36.3 Å². The Bertz CT molecular complexity index is 766. The van der Waals surface area contributed by atoms with Crippen LogP contribution in [0.15, 0.2) is 36.4 Å². The second kappa shape index (κ2) is 3.50. The predicted octanol–water partition coefficient (Wildman–Crippen LogP) is 2.92. The molecule has 1 aromatic carbocycles. The first-order valence-corrected chi connectivity index (χ1v) is 7.83. The molecule has 2 amide bonds. The van der Waals surface area contributed by atoms with E-state index in [1.165, 1.54) is 12.1 Å². The van der Waals surface area contributed by atoms with Gasteiger partial charge in [-0.25, -0.2) is 9.29 Å². The third kappa shape index (κ3) is 1.10. The van der Waals surface area contributed by atoms with Crippen molar-refractivity contribution < 1.29 is 14.0 Å². The van der Waals surface area contributed by atoms with Gasteiger partial charge in [-0.3, -0.25) is 9.59 Å². The molecule has 5 rings (SSSR count). The highest BCUT2D eigenvalue weighted by Gasteiger charge is 2.78. The number of carbonyl (C=O) groups is 2. The van der Waals surface area contributed by atoms with E-state index in [4.69, 9.17) is 0 Å². The van der Waals surface area contributed by atoms with Gasteiger partial charge in [0.2, 0.25) is 11.8 Å². The van der Waals surface area contributed by atoms with Crippen LogP contribution in [0.4, 0.5) is 10.1 Å². The largest absolute Gasteiger partial charge is 0.274 e. The van der Waals surface area contributed by atoms with E-state index in [0.29, 0.717) is 0 Å². The Hall–Kier alpha value is -1.97. The highest BCUT2D eigenvalue weighted by atomic mass is 19.1.